The number of nitrogens with zero attached hydrogens (tertiary/aromatic N) is 5. The lowest BCUT2D eigenvalue weighted by Gasteiger charge is -2.42. The molecular formula is C25H31N5S. The molecule has 3 atom stereocenters. The van der Waals surface area contributed by atoms with Crippen LogP contribution in [0.4, 0.5) is 5.82 Å². The van der Waals surface area contributed by atoms with Gasteiger partial charge in [-0.3, -0.25) is 9.88 Å². The Morgan fingerprint density at radius 3 is 2.71 bits per heavy atom. The SMILES string of the molecule is C[C@@H]1CC[C@H](C)N1[C@@H]1CCCN(c2nc(-c3cccnc3)nc3sc4c(c23)CCC4)C1. The first-order valence-corrected chi connectivity index (χ1v) is 12.8. The summed E-state index contributed by atoms with van der Waals surface area (Å²) in [6.07, 6.45) is 12.6. The maximum Gasteiger partial charge on any atom is 0.164 e. The molecule has 0 N–H and O–H groups in total. The van der Waals surface area contributed by atoms with Crippen LogP contribution in [0.5, 0.6) is 0 Å². The van der Waals surface area contributed by atoms with Crippen LogP contribution in [0.15, 0.2) is 24.5 Å². The molecule has 3 aromatic heterocycles. The van der Waals surface area contributed by atoms with E-state index in [9.17, 15) is 0 Å². The predicted octanol–water partition coefficient (Wildman–Crippen LogP) is 5.08. The first-order valence-electron chi connectivity index (χ1n) is 11.9. The number of fused-ring (bicyclic) bond motifs is 3. The number of piperidine rings is 1. The number of aromatic nitrogens is 3. The quantitative estimate of drug-likeness (QED) is 0.576. The van der Waals surface area contributed by atoms with Gasteiger partial charge in [0.15, 0.2) is 5.82 Å². The largest absolute Gasteiger partial charge is 0.354 e. The van der Waals surface area contributed by atoms with Gasteiger partial charge in [0.25, 0.3) is 0 Å². The molecule has 5 heterocycles. The Morgan fingerprint density at radius 2 is 1.90 bits per heavy atom. The molecule has 5 nitrogen and oxygen atoms in total. The van der Waals surface area contributed by atoms with Crippen molar-refractivity contribution in [2.24, 2.45) is 0 Å². The molecule has 0 unspecified atom stereocenters. The molecule has 2 fully saturated rings. The summed E-state index contributed by atoms with van der Waals surface area (Å²) in [6, 6.07) is 6.07. The van der Waals surface area contributed by atoms with Crippen molar-refractivity contribution in [3.05, 3.63) is 35.0 Å². The summed E-state index contributed by atoms with van der Waals surface area (Å²) < 4.78 is 0. The van der Waals surface area contributed by atoms with Gasteiger partial charge in [0.05, 0.1) is 5.39 Å². The number of hydrogen-bond acceptors (Lipinski definition) is 6. The molecule has 1 aliphatic carbocycles. The zero-order valence-corrected chi connectivity index (χ0v) is 19.4. The van der Waals surface area contributed by atoms with Crippen LogP contribution < -0.4 is 4.90 Å². The second kappa shape index (κ2) is 7.82. The second-order valence-electron chi connectivity index (χ2n) is 9.61. The van der Waals surface area contributed by atoms with Crippen LogP contribution >= 0.6 is 11.3 Å². The van der Waals surface area contributed by atoms with E-state index < -0.39 is 0 Å². The summed E-state index contributed by atoms with van der Waals surface area (Å²) in [5.74, 6) is 1.99. The van der Waals surface area contributed by atoms with Gasteiger partial charge in [-0.2, -0.15) is 0 Å². The van der Waals surface area contributed by atoms with Crippen molar-refractivity contribution in [3.63, 3.8) is 0 Å². The van der Waals surface area contributed by atoms with Crippen LogP contribution in [0.2, 0.25) is 0 Å². The summed E-state index contributed by atoms with van der Waals surface area (Å²) in [4.78, 5) is 22.6. The molecule has 0 saturated carbocycles. The van der Waals surface area contributed by atoms with Crippen LogP contribution in [0.3, 0.4) is 0 Å². The third-order valence-corrected chi connectivity index (χ3v) is 8.79. The standard InChI is InChI=1S/C25H31N5S/c1-16-10-11-17(2)30(16)19-7-5-13-29(15-19)24-22-20-8-3-9-21(20)31-25(22)28-23(27-24)18-6-4-12-26-14-18/h4,6,12,14,16-17,19H,3,5,7-11,13,15H2,1-2H3/t16-,17+,19-/m1/s1. The van der Waals surface area contributed by atoms with Crippen molar-refractivity contribution >= 4 is 27.4 Å². The Hall–Kier alpha value is -2.05. The van der Waals surface area contributed by atoms with Gasteiger partial charge in [0, 0.05) is 54.0 Å². The van der Waals surface area contributed by atoms with E-state index in [1.807, 2.05) is 29.8 Å². The molecule has 162 valence electrons. The average Bonchev–Trinajstić information content (AvgIpc) is 3.48. The Morgan fingerprint density at radius 1 is 1.03 bits per heavy atom. The first kappa shape index (κ1) is 19.6. The minimum Gasteiger partial charge on any atom is -0.354 e. The number of pyridine rings is 1. The van der Waals surface area contributed by atoms with Gasteiger partial charge in [0.2, 0.25) is 0 Å². The van der Waals surface area contributed by atoms with Gasteiger partial charge in [-0.15, -0.1) is 11.3 Å². The molecule has 2 saturated heterocycles. The molecule has 3 aromatic rings. The first-order chi connectivity index (χ1) is 15.2. The second-order valence-corrected chi connectivity index (χ2v) is 10.7. The third-order valence-electron chi connectivity index (χ3n) is 7.60. The monoisotopic (exact) mass is 433 g/mol. The minimum atomic E-state index is 0.625. The highest BCUT2D eigenvalue weighted by Gasteiger charge is 2.36. The Balaban J connectivity index is 1.43. The molecule has 3 aliphatic rings. The maximum atomic E-state index is 5.21. The maximum absolute atomic E-state index is 5.21. The molecule has 0 bridgehead atoms. The van der Waals surface area contributed by atoms with Crippen molar-refractivity contribution in [1.29, 1.82) is 0 Å². The normalized spacial score (nSPS) is 26.6. The fraction of sp³-hybridized carbons (Fsp3) is 0.560. The van der Waals surface area contributed by atoms with E-state index in [4.69, 9.17) is 9.97 Å². The lowest BCUT2D eigenvalue weighted by Crippen LogP contribution is -2.51. The highest BCUT2D eigenvalue weighted by Crippen LogP contribution is 2.42. The van der Waals surface area contributed by atoms with Crippen LogP contribution in [0.25, 0.3) is 21.6 Å². The zero-order chi connectivity index (χ0) is 20.9. The topological polar surface area (TPSA) is 45.2 Å². The van der Waals surface area contributed by atoms with Gasteiger partial charge in [0.1, 0.15) is 10.6 Å². The van der Waals surface area contributed by atoms with E-state index in [0.29, 0.717) is 18.1 Å². The molecule has 0 spiro atoms. The molecular weight excluding hydrogens is 402 g/mol. The number of hydrogen-bond donors (Lipinski definition) is 0. The Kier molecular flexibility index (Phi) is 4.95. The van der Waals surface area contributed by atoms with E-state index in [2.05, 4.69) is 34.7 Å². The van der Waals surface area contributed by atoms with Crippen molar-refractivity contribution < 1.29 is 0 Å². The van der Waals surface area contributed by atoms with Crippen LogP contribution in [-0.4, -0.2) is 51.1 Å². The molecule has 0 amide bonds. The van der Waals surface area contributed by atoms with Crippen molar-refractivity contribution in [2.45, 2.75) is 76.9 Å². The van der Waals surface area contributed by atoms with Crippen LogP contribution in [-0.2, 0) is 12.8 Å². The van der Waals surface area contributed by atoms with E-state index in [0.717, 1.165) is 24.5 Å². The van der Waals surface area contributed by atoms with Gasteiger partial charge >= 0.3 is 0 Å². The van der Waals surface area contributed by atoms with E-state index >= 15 is 0 Å². The molecule has 0 aromatic carbocycles. The fourth-order valence-corrected chi connectivity index (χ4v) is 7.41. The molecule has 6 heteroatoms. The van der Waals surface area contributed by atoms with Crippen molar-refractivity contribution in [2.75, 3.05) is 18.0 Å². The van der Waals surface area contributed by atoms with Gasteiger partial charge < -0.3 is 4.90 Å². The lowest BCUT2D eigenvalue weighted by atomic mass is 10.0. The van der Waals surface area contributed by atoms with Gasteiger partial charge in [-0.05, 0) is 76.5 Å². The molecule has 6 rings (SSSR count). The Bertz CT molecular complexity index is 1080. The van der Waals surface area contributed by atoms with Crippen LogP contribution in [0.1, 0.15) is 56.4 Å². The average molecular weight is 434 g/mol. The molecule has 2 aliphatic heterocycles. The number of rotatable bonds is 3. The number of likely N-dealkylation sites (tertiary alicyclic amines) is 1. The summed E-state index contributed by atoms with van der Waals surface area (Å²) in [5, 5.41) is 1.34. The smallest absolute Gasteiger partial charge is 0.164 e. The zero-order valence-electron chi connectivity index (χ0n) is 18.5. The fourth-order valence-electron chi connectivity index (χ4n) is 6.15. The minimum absolute atomic E-state index is 0.625. The number of aryl methyl sites for hydroxylation is 2. The molecule has 0 radical (unpaired) electrons. The van der Waals surface area contributed by atoms with E-state index in [1.165, 1.54) is 71.4 Å². The van der Waals surface area contributed by atoms with Crippen molar-refractivity contribution in [1.82, 2.24) is 19.9 Å². The van der Waals surface area contributed by atoms with Gasteiger partial charge in [-0.1, -0.05) is 0 Å². The number of thiophene rings is 1. The Labute approximate surface area is 188 Å². The summed E-state index contributed by atoms with van der Waals surface area (Å²) >= 11 is 1.89. The predicted molar refractivity (Wildman–Crippen MR) is 128 cm³/mol. The highest BCUT2D eigenvalue weighted by atomic mass is 32.1. The van der Waals surface area contributed by atoms with E-state index in [1.54, 1.807) is 0 Å². The highest BCUT2D eigenvalue weighted by molar-refractivity contribution is 7.19. The van der Waals surface area contributed by atoms with E-state index in [-0.39, 0.29) is 0 Å². The third kappa shape index (κ3) is 3.35. The molecule has 31 heavy (non-hydrogen) atoms. The van der Waals surface area contributed by atoms with Gasteiger partial charge in [-0.25, -0.2) is 9.97 Å². The van der Waals surface area contributed by atoms with Crippen LogP contribution in [0, 0.1) is 0 Å². The summed E-state index contributed by atoms with van der Waals surface area (Å²) in [7, 11) is 0. The summed E-state index contributed by atoms with van der Waals surface area (Å²) in [5.41, 5.74) is 2.53. The lowest BCUT2D eigenvalue weighted by molar-refractivity contribution is 0.129. The number of anilines is 1. The summed E-state index contributed by atoms with van der Waals surface area (Å²) in [6.45, 7) is 7.00. The van der Waals surface area contributed by atoms with Crippen molar-refractivity contribution in [3.8, 4) is 11.4 Å².